The van der Waals surface area contributed by atoms with E-state index in [1.807, 2.05) is 30.3 Å². The highest BCUT2D eigenvalue weighted by Crippen LogP contribution is 2.16. The molecule has 0 aromatic heterocycles. The maximum absolute atomic E-state index is 12.2. The van der Waals surface area contributed by atoms with Crippen LogP contribution in [0, 0.1) is 5.92 Å². The third kappa shape index (κ3) is 5.89. The summed E-state index contributed by atoms with van der Waals surface area (Å²) in [5.74, 6) is 0.602. The number of piperidine rings is 1. The van der Waals surface area contributed by atoms with E-state index < -0.39 is 0 Å². The Hall–Kier alpha value is -2.21. The highest BCUT2D eigenvalue weighted by atomic mass is 16.2. The van der Waals surface area contributed by atoms with E-state index in [0.29, 0.717) is 19.4 Å². The molecule has 2 amide bonds. The van der Waals surface area contributed by atoms with E-state index in [-0.39, 0.29) is 18.4 Å². The van der Waals surface area contributed by atoms with Gasteiger partial charge >= 0.3 is 0 Å². The van der Waals surface area contributed by atoms with Gasteiger partial charge in [0, 0.05) is 19.4 Å². The second kappa shape index (κ2) is 9.65. The molecule has 0 unspecified atom stereocenters. The first kappa shape index (κ1) is 19.5. The van der Waals surface area contributed by atoms with Crippen LogP contribution in [-0.2, 0) is 9.59 Å². The number of hydrogen-bond donors (Lipinski definition) is 1. The molecule has 146 valence electrons. The molecule has 1 N–H and O–H groups in total. The molecule has 0 aliphatic carbocycles. The van der Waals surface area contributed by atoms with Crippen molar-refractivity contribution in [2.75, 3.05) is 32.7 Å². The second-order valence-corrected chi connectivity index (χ2v) is 7.59. The number of rotatable bonds is 7. The number of amides is 2. The minimum Gasteiger partial charge on any atom is -0.354 e. The van der Waals surface area contributed by atoms with Gasteiger partial charge in [0.25, 0.3) is 0 Å². The first-order chi connectivity index (χ1) is 13.1. The molecular formula is C21H30N4O2. The Morgan fingerprint density at radius 2 is 1.93 bits per heavy atom. The molecule has 1 fully saturated rings. The molecule has 1 aromatic rings. The largest absolute Gasteiger partial charge is 0.354 e. The lowest BCUT2D eigenvalue weighted by molar-refractivity contribution is -0.136. The van der Waals surface area contributed by atoms with Gasteiger partial charge in [0.2, 0.25) is 11.8 Å². The van der Waals surface area contributed by atoms with Crippen molar-refractivity contribution in [2.24, 2.45) is 11.0 Å². The number of nitrogens with one attached hydrogen (secondary N) is 1. The van der Waals surface area contributed by atoms with Gasteiger partial charge in [-0.05, 0) is 50.4 Å². The minimum atomic E-state index is -0.145. The number of likely N-dealkylation sites (tertiary alicyclic amines) is 1. The van der Waals surface area contributed by atoms with Crippen LogP contribution in [-0.4, -0.2) is 60.2 Å². The molecule has 2 aliphatic rings. The standard InChI is InChI=1S/C21H30N4O2/c1-17-10-14-24(15-11-17)13-5-12-22-20(26)16-25-21(27)9-8-19(23-25)18-6-3-2-4-7-18/h2-4,6-7,17H,5,8-16H2,1H3,(H,22,26). The molecule has 0 bridgehead atoms. The summed E-state index contributed by atoms with van der Waals surface area (Å²) in [5.41, 5.74) is 1.87. The summed E-state index contributed by atoms with van der Waals surface area (Å²) in [6.45, 7) is 6.29. The fourth-order valence-electron chi connectivity index (χ4n) is 3.57. The van der Waals surface area contributed by atoms with Crippen molar-refractivity contribution in [3.8, 4) is 0 Å². The molecule has 6 heteroatoms. The Morgan fingerprint density at radius 3 is 2.67 bits per heavy atom. The van der Waals surface area contributed by atoms with E-state index in [0.717, 1.165) is 43.2 Å². The smallest absolute Gasteiger partial charge is 0.243 e. The Balaban J connectivity index is 1.42. The third-order valence-corrected chi connectivity index (χ3v) is 5.35. The Morgan fingerprint density at radius 1 is 1.19 bits per heavy atom. The van der Waals surface area contributed by atoms with Crippen LogP contribution < -0.4 is 5.32 Å². The van der Waals surface area contributed by atoms with Gasteiger partial charge in [-0.1, -0.05) is 37.3 Å². The van der Waals surface area contributed by atoms with Crippen LogP contribution in [0.2, 0.25) is 0 Å². The minimum absolute atomic E-state index is 0.00358. The zero-order chi connectivity index (χ0) is 19.1. The van der Waals surface area contributed by atoms with Crippen molar-refractivity contribution in [3.63, 3.8) is 0 Å². The lowest BCUT2D eigenvalue weighted by Crippen LogP contribution is -2.41. The van der Waals surface area contributed by atoms with Gasteiger partial charge in [-0.3, -0.25) is 9.59 Å². The van der Waals surface area contributed by atoms with E-state index >= 15 is 0 Å². The summed E-state index contributed by atoms with van der Waals surface area (Å²) in [4.78, 5) is 26.8. The van der Waals surface area contributed by atoms with E-state index in [4.69, 9.17) is 0 Å². The second-order valence-electron chi connectivity index (χ2n) is 7.59. The Kier molecular flexibility index (Phi) is 6.98. The number of carbonyl (C=O) groups is 2. The molecule has 0 radical (unpaired) electrons. The van der Waals surface area contributed by atoms with E-state index in [1.165, 1.54) is 17.9 Å². The molecule has 0 atom stereocenters. The van der Waals surface area contributed by atoms with Crippen LogP contribution in [0.3, 0.4) is 0 Å². The molecule has 2 heterocycles. The summed E-state index contributed by atoms with van der Waals surface area (Å²) in [6.07, 6.45) is 4.49. The van der Waals surface area contributed by atoms with Crippen LogP contribution in [0.15, 0.2) is 35.4 Å². The first-order valence-corrected chi connectivity index (χ1v) is 10.0. The van der Waals surface area contributed by atoms with Crippen molar-refractivity contribution < 1.29 is 9.59 Å². The first-order valence-electron chi connectivity index (χ1n) is 10.0. The van der Waals surface area contributed by atoms with Crippen LogP contribution in [0.4, 0.5) is 0 Å². The van der Waals surface area contributed by atoms with Gasteiger partial charge in [0.15, 0.2) is 0 Å². The van der Waals surface area contributed by atoms with Crippen molar-refractivity contribution in [1.82, 2.24) is 15.2 Å². The summed E-state index contributed by atoms with van der Waals surface area (Å²) < 4.78 is 0. The number of carbonyl (C=O) groups excluding carboxylic acids is 2. The molecule has 0 spiro atoms. The maximum atomic E-state index is 12.2. The SMILES string of the molecule is CC1CCN(CCCNC(=O)CN2N=C(c3ccccc3)CCC2=O)CC1. The predicted octanol–water partition coefficient (Wildman–Crippen LogP) is 2.25. The molecule has 1 aromatic carbocycles. The van der Waals surface area contributed by atoms with Crippen LogP contribution >= 0.6 is 0 Å². The average molecular weight is 370 g/mol. The molecule has 2 aliphatic heterocycles. The number of benzene rings is 1. The van der Waals surface area contributed by atoms with E-state index in [9.17, 15) is 9.59 Å². The quantitative estimate of drug-likeness (QED) is 0.749. The Bertz CT molecular complexity index is 666. The van der Waals surface area contributed by atoms with Gasteiger partial charge < -0.3 is 10.2 Å². The molecule has 0 saturated carbocycles. The zero-order valence-electron chi connectivity index (χ0n) is 16.2. The molecule has 3 rings (SSSR count). The maximum Gasteiger partial charge on any atom is 0.243 e. The zero-order valence-corrected chi connectivity index (χ0v) is 16.2. The van der Waals surface area contributed by atoms with Crippen molar-refractivity contribution in [2.45, 2.75) is 39.0 Å². The van der Waals surface area contributed by atoms with Gasteiger partial charge in [-0.2, -0.15) is 5.10 Å². The van der Waals surface area contributed by atoms with Crippen LogP contribution in [0.25, 0.3) is 0 Å². The molecule has 27 heavy (non-hydrogen) atoms. The van der Waals surface area contributed by atoms with Crippen molar-refractivity contribution in [1.29, 1.82) is 0 Å². The summed E-state index contributed by atoms with van der Waals surface area (Å²) in [5, 5.41) is 8.65. The van der Waals surface area contributed by atoms with Crippen molar-refractivity contribution in [3.05, 3.63) is 35.9 Å². The lowest BCUT2D eigenvalue weighted by atomic mass is 9.99. The van der Waals surface area contributed by atoms with Crippen LogP contribution in [0.5, 0.6) is 0 Å². The van der Waals surface area contributed by atoms with Gasteiger partial charge in [0.1, 0.15) is 6.54 Å². The number of hydrogen-bond acceptors (Lipinski definition) is 4. The predicted molar refractivity (Wildman–Crippen MR) is 106 cm³/mol. The fraction of sp³-hybridized carbons (Fsp3) is 0.571. The monoisotopic (exact) mass is 370 g/mol. The normalized spacial score (nSPS) is 19.1. The number of nitrogens with zero attached hydrogens (tertiary/aromatic N) is 3. The molecule has 6 nitrogen and oxygen atoms in total. The van der Waals surface area contributed by atoms with Gasteiger partial charge in [-0.15, -0.1) is 0 Å². The topological polar surface area (TPSA) is 65.0 Å². The summed E-state index contributed by atoms with van der Waals surface area (Å²) in [6, 6.07) is 9.82. The highest BCUT2D eigenvalue weighted by Gasteiger charge is 2.23. The number of hydrazone groups is 1. The van der Waals surface area contributed by atoms with E-state index in [1.54, 1.807) is 0 Å². The van der Waals surface area contributed by atoms with Gasteiger partial charge in [0.05, 0.1) is 5.71 Å². The van der Waals surface area contributed by atoms with E-state index in [2.05, 4.69) is 22.2 Å². The lowest BCUT2D eigenvalue weighted by Gasteiger charge is -2.30. The highest BCUT2D eigenvalue weighted by molar-refractivity contribution is 6.04. The third-order valence-electron chi connectivity index (χ3n) is 5.35. The van der Waals surface area contributed by atoms with Crippen molar-refractivity contribution >= 4 is 17.5 Å². The van der Waals surface area contributed by atoms with Gasteiger partial charge in [-0.25, -0.2) is 5.01 Å². The summed E-state index contributed by atoms with van der Waals surface area (Å²) >= 11 is 0. The Labute approximate surface area is 161 Å². The average Bonchev–Trinajstić information content (AvgIpc) is 2.69. The molecule has 1 saturated heterocycles. The molecular weight excluding hydrogens is 340 g/mol. The summed E-state index contributed by atoms with van der Waals surface area (Å²) in [7, 11) is 0. The van der Waals surface area contributed by atoms with Crippen LogP contribution in [0.1, 0.15) is 44.6 Å². The fourth-order valence-corrected chi connectivity index (χ4v) is 3.57.